The van der Waals surface area contributed by atoms with Crippen LogP contribution in [0.3, 0.4) is 0 Å². The van der Waals surface area contributed by atoms with E-state index in [0.717, 1.165) is 35.8 Å². The van der Waals surface area contributed by atoms with Gasteiger partial charge in [0, 0.05) is 5.56 Å². The van der Waals surface area contributed by atoms with Crippen molar-refractivity contribution in [2.75, 3.05) is 6.61 Å². The summed E-state index contributed by atoms with van der Waals surface area (Å²) < 4.78 is 20.3. The third-order valence-electron chi connectivity index (χ3n) is 5.76. The van der Waals surface area contributed by atoms with Crippen LogP contribution in [0.1, 0.15) is 57.9 Å². The van der Waals surface area contributed by atoms with E-state index in [1.54, 1.807) is 6.07 Å². The van der Waals surface area contributed by atoms with E-state index in [1.807, 2.05) is 43.3 Å². The van der Waals surface area contributed by atoms with Crippen LogP contribution in [-0.4, -0.2) is 6.61 Å². The molecule has 0 radical (unpaired) electrons. The number of aryl methyl sites for hydroxylation is 1. The standard InChI is InChI=1S/C24H31FO/c1-3-5-19-6-8-20(9-7-19)17-26-22-13-11-21(12-14-22)23-15-10-18(4-2)16-24(23)25/h10-16,19-20H,3-9,17H2,1-2H3/t19-,20-. The zero-order chi connectivity index (χ0) is 18.4. The van der Waals surface area contributed by atoms with Gasteiger partial charge in [0.25, 0.3) is 0 Å². The maximum Gasteiger partial charge on any atom is 0.131 e. The van der Waals surface area contributed by atoms with Gasteiger partial charge in [-0.15, -0.1) is 0 Å². The Kier molecular flexibility index (Phi) is 6.71. The summed E-state index contributed by atoms with van der Waals surface area (Å²) in [5.74, 6) is 2.35. The van der Waals surface area contributed by atoms with E-state index in [9.17, 15) is 4.39 Å². The summed E-state index contributed by atoms with van der Waals surface area (Å²) in [5.41, 5.74) is 2.58. The molecule has 1 nitrogen and oxygen atoms in total. The number of benzene rings is 2. The summed E-state index contributed by atoms with van der Waals surface area (Å²) in [7, 11) is 0. The molecule has 0 spiro atoms. The molecule has 3 rings (SSSR count). The number of rotatable bonds is 7. The Morgan fingerprint density at radius 3 is 2.23 bits per heavy atom. The molecule has 0 heterocycles. The van der Waals surface area contributed by atoms with Crippen LogP contribution in [0.25, 0.3) is 11.1 Å². The van der Waals surface area contributed by atoms with E-state index in [4.69, 9.17) is 4.74 Å². The highest BCUT2D eigenvalue weighted by atomic mass is 19.1. The summed E-state index contributed by atoms with van der Waals surface area (Å²) >= 11 is 0. The Hall–Kier alpha value is -1.83. The van der Waals surface area contributed by atoms with Gasteiger partial charge in [0.15, 0.2) is 0 Å². The molecule has 2 aromatic rings. The molecule has 26 heavy (non-hydrogen) atoms. The summed E-state index contributed by atoms with van der Waals surface area (Å²) in [4.78, 5) is 0. The molecule has 0 aromatic heterocycles. The van der Waals surface area contributed by atoms with Crippen LogP contribution in [0.2, 0.25) is 0 Å². The highest BCUT2D eigenvalue weighted by Gasteiger charge is 2.21. The number of hydrogen-bond acceptors (Lipinski definition) is 1. The number of hydrogen-bond donors (Lipinski definition) is 0. The molecule has 1 fully saturated rings. The second-order valence-electron chi connectivity index (χ2n) is 7.68. The van der Waals surface area contributed by atoms with Gasteiger partial charge in [-0.1, -0.05) is 63.8 Å². The van der Waals surface area contributed by atoms with E-state index in [1.165, 1.54) is 38.5 Å². The molecular weight excluding hydrogens is 323 g/mol. The minimum atomic E-state index is -0.151. The highest BCUT2D eigenvalue weighted by molar-refractivity contribution is 5.65. The minimum absolute atomic E-state index is 0.151. The van der Waals surface area contributed by atoms with Gasteiger partial charge in [0.1, 0.15) is 11.6 Å². The van der Waals surface area contributed by atoms with Gasteiger partial charge in [-0.3, -0.25) is 0 Å². The molecule has 1 saturated carbocycles. The second-order valence-corrected chi connectivity index (χ2v) is 7.68. The summed E-state index contributed by atoms with van der Waals surface area (Å²) in [6, 6.07) is 13.3. The van der Waals surface area contributed by atoms with Gasteiger partial charge >= 0.3 is 0 Å². The van der Waals surface area contributed by atoms with Crippen LogP contribution in [0.5, 0.6) is 5.75 Å². The zero-order valence-electron chi connectivity index (χ0n) is 16.1. The largest absolute Gasteiger partial charge is 0.493 e. The molecule has 0 aliphatic heterocycles. The van der Waals surface area contributed by atoms with Crippen LogP contribution in [0.15, 0.2) is 42.5 Å². The van der Waals surface area contributed by atoms with Crippen molar-refractivity contribution in [2.24, 2.45) is 11.8 Å². The van der Waals surface area contributed by atoms with Crippen molar-refractivity contribution in [2.45, 2.75) is 58.8 Å². The molecule has 1 aliphatic rings. The Labute approximate surface area is 157 Å². The van der Waals surface area contributed by atoms with Crippen molar-refractivity contribution in [3.8, 4) is 16.9 Å². The Morgan fingerprint density at radius 1 is 0.923 bits per heavy atom. The molecule has 0 amide bonds. The van der Waals surface area contributed by atoms with Crippen molar-refractivity contribution in [1.29, 1.82) is 0 Å². The monoisotopic (exact) mass is 354 g/mol. The molecule has 1 aliphatic carbocycles. The van der Waals surface area contributed by atoms with Gasteiger partial charge in [0.05, 0.1) is 6.61 Å². The maximum absolute atomic E-state index is 14.3. The Bertz CT molecular complexity index is 684. The van der Waals surface area contributed by atoms with Crippen molar-refractivity contribution >= 4 is 0 Å². The molecule has 0 bridgehead atoms. The fourth-order valence-corrected chi connectivity index (χ4v) is 4.05. The van der Waals surface area contributed by atoms with Crippen LogP contribution < -0.4 is 4.74 Å². The van der Waals surface area contributed by atoms with Gasteiger partial charge in [-0.2, -0.15) is 0 Å². The summed E-state index contributed by atoms with van der Waals surface area (Å²) in [5, 5.41) is 0. The SMILES string of the molecule is CCC[C@H]1CC[C@H](COc2ccc(-c3ccc(CC)cc3F)cc2)CC1. The van der Waals surface area contributed by atoms with Crippen molar-refractivity contribution in [1.82, 2.24) is 0 Å². The van der Waals surface area contributed by atoms with E-state index in [-0.39, 0.29) is 5.82 Å². The fraction of sp³-hybridized carbons (Fsp3) is 0.500. The van der Waals surface area contributed by atoms with E-state index < -0.39 is 0 Å². The number of ether oxygens (including phenoxy) is 1. The second kappa shape index (κ2) is 9.21. The lowest BCUT2D eigenvalue weighted by Gasteiger charge is -2.28. The first-order valence-corrected chi connectivity index (χ1v) is 10.2. The zero-order valence-corrected chi connectivity index (χ0v) is 16.1. The third-order valence-corrected chi connectivity index (χ3v) is 5.76. The minimum Gasteiger partial charge on any atom is -0.493 e. The maximum atomic E-state index is 14.3. The van der Waals surface area contributed by atoms with Crippen molar-refractivity contribution < 1.29 is 9.13 Å². The number of halogens is 1. The average Bonchev–Trinajstić information content (AvgIpc) is 2.68. The van der Waals surface area contributed by atoms with Crippen LogP contribution >= 0.6 is 0 Å². The molecular formula is C24H31FO. The van der Waals surface area contributed by atoms with Gasteiger partial charge in [0.2, 0.25) is 0 Å². The Balaban J connectivity index is 1.54. The lowest BCUT2D eigenvalue weighted by molar-refractivity contribution is 0.178. The van der Waals surface area contributed by atoms with E-state index >= 15 is 0 Å². The lowest BCUT2D eigenvalue weighted by atomic mass is 9.80. The smallest absolute Gasteiger partial charge is 0.131 e. The fourth-order valence-electron chi connectivity index (χ4n) is 4.05. The molecule has 2 heteroatoms. The van der Waals surface area contributed by atoms with Crippen LogP contribution in [0.4, 0.5) is 4.39 Å². The molecule has 0 saturated heterocycles. The molecule has 0 N–H and O–H groups in total. The highest BCUT2D eigenvalue weighted by Crippen LogP contribution is 2.32. The summed E-state index contributed by atoms with van der Waals surface area (Å²) in [6.07, 6.45) is 8.83. The molecule has 0 atom stereocenters. The molecule has 2 aromatic carbocycles. The predicted molar refractivity (Wildman–Crippen MR) is 107 cm³/mol. The molecule has 140 valence electrons. The van der Waals surface area contributed by atoms with Crippen molar-refractivity contribution in [3.63, 3.8) is 0 Å². The van der Waals surface area contributed by atoms with E-state index in [0.29, 0.717) is 11.5 Å². The first-order chi connectivity index (χ1) is 12.7. The predicted octanol–water partition coefficient (Wildman–Crippen LogP) is 7.04. The first-order valence-electron chi connectivity index (χ1n) is 10.2. The topological polar surface area (TPSA) is 9.23 Å². The van der Waals surface area contributed by atoms with Gasteiger partial charge in [-0.25, -0.2) is 4.39 Å². The molecule has 0 unspecified atom stereocenters. The first kappa shape index (κ1) is 18.9. The lowest BCUT2D eigenvalue weighted by Crippen LogP contribution is -2.20. The average molecular weight is 355 g/mol. The van der Waals surface area contributed by atoms with Crippen LogP contribution in [0, 0.1) is 17.7 Å². The van der Waals surface area contributed by atoms with E-state index in [2.05, 4.69) is 6.92 Å². The quantitative estimate of drug-likeness (QED) is 0.518. The van der Waals surface area contributed by atoms with Gasteiger partial charge < -0.3 is 4.74 Å². The third kappa shape index (κ3) is 4.87. The van der Waals surface area contributed by atoms with Crippen LogP contribution in [-0.2, 0) is 6.42 Å². The van der Waals surface area contributed by atoms with Gasteiger partial charge in [-0.05, 0) is 60.4 Å². The van der Waals surface area contributed by atoms with Crippen molar-refractivity contribution in [3.05, 3.63) is 53.8 Å². The Morgan fingerprint density at radius 2 is 1.62 bits per heavy atom. The normalized spacial score (nSPS) is 20.1. The summed E-state index contributed by atoms with van der Waals surface area (Å²) in [6.45, 7) is 5.12.